The number of anilines is 1. The summed E-state index contributed by atoms with van der Waals surface area (Å²) in [7, 11) is 0.946. The van der Waals surface area contributed by atoms with Gasteiger partial charge in [0.25, 0.3) is 0 Å². The van der Waals surface area contributed by atoms with Crippen LogP contribution in [0.1, 0.15) is 0 Å². The first kappa shape index (κ1) is 16.8. The number of hydrogen-bond donors (Lipinski definition) is 0. The van der Waals surface area contributed by atoms with Crippen LogP contribution in [0.3, 0.4) is 0 Å². The van der Waals surface area contributed by atoms with Gasteiger partial charge in [0.15, 0.2) is 0 Å². The molecule has 0 saturated carbocycles. The SMILES string of the molecule is COc1ccc(-n2cc(-c3ccc(N4CCS(=O)CC4)cc3)cn2)cn1. The Kier molecular flexibility index (Phi) is 4.71. The van der Waals surface area contributed by atoms with Crippen molar-refractivity contribution in [1.29, 1.82) is 0 Å². The van der Waals surface area contributed by atoms with Crippen molar-refractivity contribution < 1.29 is 8.95 Å². The Bertz CT molecular complexity index is 896. The highest BCUT2D eigenvalue weighted by Gasteiger charge is 2.15. The molecule has 134 valence electrons. The molecule has 0 N–H and O–H groups in total. The number of nitrogens with zero attached hydrogens (tertiary/aromatic N) is 4. The molecule has 6 nitrogen and oxygen atoms in total. The van der Waals surface area contributed by atoms with E-state index in [4.69, 9.17) is 4.74 Å². The summed E-state index contributed by atoms with van der Waals surface area (Å²) in [6.07, 6.45) is 5.57. The highest BCUT2D eigenvalue weighted by atomic mass is 32.2. The first-order valence-corrected chi connectivity index (χ1v) is 9.97. The summed E-state index contributed by atoms with van der Waals surface area (Å²) in [5.41, 5.74) is 4.22. The van der Waals surface area contributed by atoms with Crippen molar-refractivity contribution in [3.63, 3.8) is 0 Å². The van der Waals surface area contributed by atoms with Gasteiger partial charge in [0.2, 0.25) is 5.88 Å². The molecule has 0 atom stereocenters. The van der Waals surface area contributed by atoms with E-state index >= 15 is 0 Å². The first-order chi connectivity index (χ1) is 12.7. The smallest absolute Gasteiger partial charge is 0.213 e. The molecule has 1 aliphatic heterocycles. The number of benzene rings is 1. The molecule has 0 unspecified atom stereocenters. The molecule has 1 aliphatic rings. The van der Waals surface area contributed by atoms with E-state index in [-0.39, 0.29) is 0 Å². The highest BCUT2D eigenvalue weighted by Crippen LogP contribution is 2.24. The van der Waals surface area contributed by atoms with Crippen LogP contribution in [-0.2, 0) is 10.8 Å². The van der Waals surface area contributed by atoms with Crippen LogP contribution in [0, 0.1) is 0 Å². The predicted molar refractivity (Wildman–Crippen MR) is 103 cm³/mol. The minimum Gasteiger partial charge on any atom is -0.481 e. The maximum atomic E-state index is 11.5. The Hall–Kier alpha value is -2.67. The van der Waals surface area contributed by atoms with Gasteiger partial charge in [-0.1, -0.05) is 12.1 Å². The van der Waals surface area contributed by atoms with Crippen LogP contribution >= 0.6 is 0 Å². The standard InChI is InChI=1S/C19H20N4O2S/c1-25-19-7-6-18(13-20-19)23-14-16(12-21-23)15-2-4-17(5-3-15)22-8-10-26(24)11-9-22/h2-7,12-14H,8-11H2,1H3. The lowest BCUT2D eigenvalue weighted by Crippen LogP contribution is -2.37. The number of methoxy groups -OCH3 is 1. The van der Waals surface area contributed by atoms with E-state index in [1.54, 1.807) is 18.0 Å². The lowest BCUT2D eigenvalue weighted by atomic mass is 10.1. The third-order valence-electron chi connectivity index (χ3n) is 4.52. The second-order valence-electron chi connectivity index (χ2n) is 6.11. The molecule has 1 saturated heterocycles. The molecule has 0 amide bonds. The third-order valence-corrected chi connectivity index (χ3v) is 5.80. The number of ether oxygens (including phenoxy) is 1. The molecule has 2 aromatic heterocycles. The molecule has 26 heavy (non-hydrogen) atoms. The van der Waals surface area contributed by atoms with Crippen LogP contribution in [0.2, 0.25) is 0 Å². The van der Waals surface area contributed by atoms with Gasteiger partial charge in [0.1, 0.15) is 0 Å². The van der Waals surface area contributed by atoms with Gasteiger partial charge in [0, 0.05) is 58.9 Å². The summed E-state index contributed by atoms with van der Waals surface area (Å²) < 4.78 is 18.4. The van der Waals surface area contributed by atoms with Gasteiger partial charge >= 0.3 is 0 Å². The molecule has 7 heteroatoms. The molecule has 4 rings (SSSR count). The fourth-order valence-electron chi connectivity index (χ4n) is 3.00. The van der Waals surface area contributed by atoms with Crippen molar-refractivity contribution in [3.8, 4) is 22.7 Å². The second kappa shape index (κ2) is 7.29. The van der Waals surface area contributed by atoms with E-state index in [1.807, 2.05) is 24.5 Å². The number of rotatable bonds is 4. The van der Waals surface area contributed by atoms with Gasteiger partial charge in [-0.2, -0.15) is 5.10 Å². The van der Waals surface area contributed by atoms with Crippen LogP contribution in [0.15, 0.2) is 55.0 Å². The van der Waals surface area contributed by atoms with Crippen molar-refractivity contribution in [2.45, 2.75) is 0 Å². The molecular weight excluding hydrogens is 348 g/mol. The van der Waals surface area contributed by atoms with E-state index in [9.17, 15) is 4.21 Å². The lowest BCUT2D eigenvalue weighted by molar-refractivity contribution is 0.397. The summed E-state index contributed by atoms with van der Waals surface area (Å²) in [5, 5.41) is 4.43. The van der Waals surface area contributed by atoms with Crippen molar-refractivity contribution in [1.82, 2.24) is 14.8 Å². The van der Waals surface area contributed by atoms with Crippen molar-refractivity contribution in [2.24, 2.45) is 0 Å². The molecule has 1 aromatic carbocycles. The van der Waals surface area contributed by atoms with E-state index < -0.39 is 10.8 Å². The minimum absolute atomic E-state index is 0.582. The monoisotopic (exact) mass is 368 g/mol. The number of hydrogen-bond acceptors (Lipinski definition) is 5. The molecule has 0 spiro atoms. The summed E-state index contributed by atoms with van der Waals surface area (Å²) in [6.45, 7) is 1.71. The molecule has 1 fully saturated rings. The van der Waals surface area contributed by atoms with Crippen LogP contribution < -0.4 is 9.64 Å². The molecule has 0 bridgehead atoms. The molecule has 3 aromatic rings. The van der Waals surface area contributed by atoms with E-state index in [2.05, 4.69) is 39.2 Å². The maximum Gasteiger partial charge on any atom is 0.213 e. The highest BCUT2D eigenvalue weighted by molar-refractivity contribution is 7.85. The fourth-order valence-corrected chi connectivity index (χ4v) is 4.05. The van der Waals surface area contributed by atoms with Gasteiger partial charge in [-0.3, -0.25) is 4.21 Å². The van der Waals surface area contributed by atoms with Gasteiger partial charge in [-0.05, 0) is 23.8 Å². The van der Waals surface area contributed by atoms with Crippen LogP contribution in [0.25, 0.3) is 16.8 Å². The quantitative estimate of drug-likeness (QED) is 0.708. The third kappa shape index (κ3) is 3.48. The van der Waals surface area contributed by atoms with Crippen LogP contribution in [-0.4, -0.2) is 50.7 Å². The molecule has 0 radical (unpaired) electrons. The number of pyridine rings is 1. The summed E-state index contributed by atoms with van der Waals surface area (Å²) in [5.74, 6) is 2.09. The summed E-state index contributed by atoms with van der Waals surface area (Å²) >= 11 is 0. The largest absolute Gasteiger partial charge is 0.481 e. The van der Waals surface area contributed by atoms with E-state index in [0.717, 1.165) is 41.4 Å². The number of aromatic nitrogens is 3. The summed E-state index contributed by atoms with van der Waals surface area (Å²) in [4.78, 5) is 6.50. The second-order valence-corrected chi connectivity index (χ2v) is 7.81. The van der Waals surface area contributed by atoms with E-state index in [1.165, 1.54) is 5.69 Å². The zero-order chi connectivity index (χ0) is 17.9. The Balaban J connectivity index is 1.51. The van der Waals surface area contributed by atoms with Crippen molar-refractivity contribution in [3.05, 3.63) is 55.0 Å². The maximum absolute atomic E-state index is 11.5. The predicted octanol–water partition coefficient (Wildman–Crippen LogP) is 2.51. The zero-order valence-corrected chi connectivity index (χ0v) is 15.4. The minimum atomic E-state index is -0.652. The van der Waals surface area contributed by atoms with E-state index in [0.29, 0.717) is 5.88 Å². The first-order valence-electron chi connectivity index (χ1n) is 8.48. The van der Waals surface area contributed by atoms with Crippen LogP contribution in [0.5, 0.6) is 5.88 Å². The molecule has 0 aliphatic carbocycles. The Morgan fingerprint density at radius 3 is 2.35 bits per heavy atom. The van der Waals surface area contributed by atoms with Gasteiger partial charge in [-0.15, -0.1) is 0 Å². The Labute approximate surface area is 154 Å². The average Bonchev–Trinajstić information content (AvgIpc) is 3.19. The van der Waals surface area contributed by atoms with Gasteiger partial charge < -0.3 is 9.64 Å². The molecule has 3 heterocycles. The van der Waals surface area contributed by atoms with Crippen LogP contribution in [0.4, 0.5) is 5.69 Å². The Morgan fingerprint density at radius 2 is 1.69 bits per heavy atom. The lowest BCUT2D eigenvalue weighted by Gasteiger charge is -2.28. The summed E-state index contributed by atoms with van der Waals surface area (Å²) in [6, 6.07) is 12.2. The fraction of sp³-hybridized carbons (Fsp3) is 0.263. The van der Waals surface area contributed by atoms with Gasteiger partial charge in [0.05, 0.1) is 25.2 Å². The van der Waals surface area contributed by atoms with Gasteiger partial charge in [-0.25, -0.2) is 9.67 Å². The molecular formula is C19H20N4O2S. The Morgan fingerprint density at radius 1 is 0.962 bits per heavy atom. The normalized spacial score (nSPS) is 15.2. The topological polar surface area (TPSA) is 60.2 Å². The zero-order valence-electron chi connectivity index (χ0n) is 14.5. The van der Waals surface area contributed by atoms with Crippen molar-refractivity contribution >= 4 is 16.5 Å². The van der Waals surface area contributed by atoms with Crippen molar-refractivity contribution in [2.75, 3.05) is 36.6 Å². The average molecular weight is 368 g/mol.